The molecule has 0 aliphatic heterocycles. The van der Waals surface area contributed by atoms with Crippen LogP contribution in [0.4, 0.5) is 5.69 Å². The highest BCUT2D eigenvalue weighted by Crippen LogP contribution is 2.33. The molecule has 3 rings (SSSR count). The fourth-order valence-electron chi connectivity index (χ4n) is 3.86. The van der Waals surface area contributed by atoms with E-state index >= 15 is 0 Å². The number of nitrogens with one attached hydrogen (secondary N) is 1. The van der Waals surface area contributed by atoms with Gasteiger partial charge in [-0.1, -0.05) is 71.2 Å². The number of nitrogens with zero attached hydrogens (tertiary/aromatic N) is 2. The van der Waals surface area contributed by atoms with Crippen molar-refractivity contribution in [3.63, 3.8) is 0 Å². The molecule has 3 aromatic carbocycles. The summed E-state index contributed by atoms with van der Waals surface area (Å²) in [6.07, 6.45) is 0. The van der Waals surface area contributed by atoms with Crippen LogP contribution in [0.3, 0.4) is 0 Å². The van der Waals surface area contributed by atoms with Crippen LogP contribution in [-0.2, 0) is 26.2 Å². The Morgan fingerprint density at radius 1 is 0.949 bits per heavy atom. The molecule has 7 nitrogen and oxygen atoms in total. The van der Waals surface area contributed by atoms with Gasteiger partial charge in [-0.15, -0.1) is 0 Å². The summed E-state index contributed by atoms with van der Waals surface area (Å²) in [5.74, 6) is -0.941. The molecule has 3 aromatic rings. The summed E-state index contributed by atoms with van der Waals surface area (Å²) in [7, 11) is -4.23. The van der Waals surface area contributed by atoms with Crippen molar-refractivity contribution in [3.8, 4) is 0 Å². The number of hydrogen-bond donors (Lipinski definition) is 1. The van der Waals surface area contributed by atoms with Gasteiger partial charge >= 0.3 is 0 Å². The first-order valence-electron chi connectivity index (χ1n) is 12.4. The van der Waals surface area contributed by atoms with Gasteiger partial charge in [0.1, 0.15) is 12.6 Å². The third kappa shape index (κ3) is 7.97. The van der Waals surface area contributed by atoms with E-state index in [-0.39, 0.29) is 33.1 Å². The van der Waals surface area contributed by atoms with Gasteiger partial charge in [0, 0.05) is 17.1 Å². The molecule has 1 atom stereocenters. The van der Waals surface area contributed by atoms with Crippen molar-refractivity contribution >= 4 is 50.7 Å². The van der Waals surface area contributed by atoms with Gasteiger partial charge in [-0.25, -0.2) is 8.42 Å². The van der Waals surface area contributed by atoms with E-state index in [2.05, 4.69) is 5.32 Å². The lowest BCUT2D eigenvalue weighted by Gasteiger charge is -2.33. The third-order valence-electron chi connectivity index (χ3n) is 5.93. The molecule has 39 heavy (non-hydrogen) atoms. The predicted molar refractivity (Wildman–Crippen MR) is 157 cm³/mol. The lowest BCUT2D eigenvalue weighted by Crippen LogP contribution is -2.54. The van der Waals surface area contributed by atoms with Crippen molar-refractivity contribution < 1.29 is 18.0 Å². The van der Waals surface area contributed by atoms with E-state index in [9.17, 15) is 18.0 Å². The largest absolute Gasteiger partial charge is 0.350 e. The number of amides is 2. The lowest BCUT2D eigenvalue weighted by molar-refractivity contribution is -0.140. The lowest BCUT2D eigenvalue weighted by atomic mass is 10.1. The van der Waals surface area contributed by atoms with Crippen LogP contribution in [0.5, 0.6) is 0 Å². The zero-order chi connectivity index (χ0) is 29.0. The quantitative estimate of drug-likeness (QED) is 0.340. The Hall–Kier alpha value is -3.07. The van der Waals surface area contributed by atoms with Crippen LogP contribution in [0.15, 0.2) is 77.7 Å². The Bertz CT molecular complexity index is 1420. The molecule has 0 fully saturated rings. The molecule has 0 aliphatic carbocycles. The minimum absolute atomic E-state index is 0.0162. The zero-order valence-corrected chi connectivity index (χ0v) is 24.9. The summed E-state index contributed by atoms with van der Waals surface area (Å²) in [6.45, 7) is 8.61. The molecule has 0 radical (unpaired) electrons. The fourth-order valence-corrected chi connectivity index (χ4v) is 5.74. The van der Waals surface area contributed by atoms with Gasteiger partial charge in [-0.3, -0.25) is 13.9 Å². The topological polar surface area (TPSA) is 86.8 Å². The minimum atomic E-state index is -4.23. The summed E-state index contributed by atoms with van der Waals surface area (Å²) in [5.41, 5.74) is 1.37. The van der Waals surface area contributed by atoms with Gasteiger partial charge in [0.25, 0.3) is 10.0 Å². The van der Waals surface area contributed by atoms with E-state index in [4.69, 9.17) is 23.2 Å². The number of carbonyl (C=O) groups is 2. The van der Waals surface area contributed by atoms with Crippen molar-refractivity contribution in [3.05, 3.63) is 94.0 Å². The number of rotatable bonds is 9. The average molecular weight is 591 g/mol. The minimum Gasteiger partial charge on any atom is -0.350 e. The summed E-state index contributed by atoms with van der Waals surface area (Å²) < 4.78 is 28.6. The highest BCUT2D eigenvalue weighted by Gasteiger charge is 2.34. The van der Waals surface area contributed by atoms with Gasteiger partial charge in [0.05, 0.1) is 15.6 Å². The molecular formula is C29H33Cl2N3O4S. The number of benzene rings is 3. The Morgan fingerprint density at radius 3 is 2.15 bits per heavy atom. The maximum atomic E-state index is 13.9. The molecule has 208 valence electrons. The van der Waals surface area contributed by atoms with Crippen LogP contribution in [0.25, 0.3) is 0 Å². The van der Waals surface area contributed by atoms with Crippen LogP contribution in [-0.4, -0.2) is 43.3 Å². The molecule has 0 unspecified atom stereocenters. The van der Waals surface area contributed by atoms with Crippen LogP contribution >= 0.6 is 23.2 Å². The van der Waals surface area contributed by atoms with Crippen LogP contribution in [0.2, 0.25) is 10.0 Å². The highest BCUT2D eigenvalue weighted by molar-refractivity contribution is 7.92. The first-order valence-corrected chi connectivity index (χ1v) is 14.6. The molecule has 0 aromatic heterocycles. The molecule has 0 saturated heterocycles. The second kappa shape index (κ2) is 12.4. The van der Waals surface area contributed by atoms with Crippen LogP contribution < -0.4 is 9.62 Å². The second-order valence-corrected chi connectivity index (χ2v) is 13.0. The van der Waals surface area contributed by atoms with E-state index in [1.165, 1.54) is 35.2 Å². The smallest absolute Gasteiger partial charge is 0.264 e. The molecule has 2 amide bonds. The van der Waals surface area contributed by atoms with Crippen LogP contribution in [0, 0.1) is 6.92 Å². The van der Waals surface area contributed by atoms with Crippen molar-refractivity contribution in [2.75, 3.05) is 10.8 Å². The Balaban J connectivity index is 2.06. The van der Waals surface area contributed by atoms with Crippen molar-refractivity contribution in [1.29, 1.82) is 0 Å². The molecule has 0 saturated carbocycles. The van der Waals surface area contributed by atoms with Gasteiger partial charge in [-0.05, 0) is 70.5 Å². The number of carbonyl (C=O) groups excluding carboxylic acids is 2. The summed E-state index contributed by atoms with van der Waals surface area (Å²) in [6, 6.07) is 18.8. The Labute approximate surface area is 240 Å². The van der Waals surface area contributed by atoms with E-state index in [1.807, 2.05) is 52.0 Å². The molecule has 0 spiro atoms. The van der Waals surface area contributed by atoms with Crippen molar-refractivity contribution in [2.45, 2.75) is 57.6 Å². The van der Waals surface area contributed by atoms with E-state index < -0.39 is 34.1 Å². The SMILES string of the molecule is Cc1ccc(CN(C(=O)CN(c2cc(Cl)ccc2Cl)S(=O)(=O)c2ccccc2)[C@H](C)C(=O)NC(C)(C)C)cc1. The molecule has 0 heterocycles. The number of sulfonamides is 1. The maximum Gasteiger partial charge on any atom is 0.264 e. The summed E-state index contributed by atoms with van der Waals surface area (Å²) in [5, 5.41) is 3.26. The predicted octanol–water partition coefficient (Wildman–Crippen LogP) is 5.83. The van der Waals surface area contributed by atoms with Gasteiger partial charge in [0.2, 0.25) is 11.8 Å². The van der Waals surface area contributed by atoms with E-state index in [0.717, 1.165) is 15.4 Å². The second-order valence-electron chi connectivity index (χ2n) is 10.3. The van der Waals surface area contributed by atoms with Crippen molar-refractivity contribution in [2.24, 2.45) is 0 Å². The molecule has 0 aliphatic rings. The average Bonchev–Trinajstić information content (AvgIpc) is 2.87. The van der Waals surface area contributed by atoms with Gasteiger partial charge in [0.15, 0.2) is 0 Å². The Kier molecular flexibility index (Phi) is 9.69. The number of anilines is 1. The monoisotopic (exact) mass is 589 g/mol. The number of aryl methyl sites for hydroxylation is 1. The first-order chi connectivity index (χ1) is 18.2. The van der Waals surface area contributed by atoms with E-state index in [0.29, 0.717) is 0 Å². The number of halogens is 2. The highest BCUT2D eigenvalue weighted by atomic mass is 35.5. The maximum absolute atomic E-state index is 13.9. The molecule has 10 heteroatoms. The Morgan fingerprint density at radius 2 is 1.56 bits per heavy atom. The molecular weight excluding hydrogens is 557 g/mol. The van der Waals surface area contributed by atoms with E-state index in [1.54, 1.807) is 25.1 Å². The zero-order valence-electron chi connectivity index (χ0n) is 22.6. The molecule has 0 bridgehead atoms. The van der Waals surface area contributed by atoms with Gasteiger partial charge < -0.3 is 10.2 Å². The van der Waals surface area contributed by atoms with Gasteiger partial charge in [-0.2, -0.15) is 0 Å². The summed E-state index contributed by atoms with van der Waals surface area (Å²) >= 11 is 12.6. The first kappa shape index (κ1) is 30.5. The fraction of sp³-hybridized carbons (Fsp3) is 0.310. The normalized spacial score (nSPS) is 12.5. The standard InChI is InChI=1S/C29H33Cl2N3O4S/c1-20-11-13-22(14-12-20)18-33(21(2)28(36)32-29(3,4)5)27(35)19-34(26-17-23(30)15-16-25(26)31)39(37,38)24-9-7-6-8-10-24/h6-17,21H,18-19H2,1-5H3,(H,32,36)/t21-/m1/s1. The number of hydrogen-bond acceptors (Lipinski definition) is 4. The third-order valence-corrected chi connectivity index (χ3v) is 8.25. The van der Waals surface area contributed by atoms with Crippen LogP contribution in [0.1, 0.15) is 38.8 Å². The molecule has 1 N–H and O–H groups in total. The van der Waals surface area contributed by atoms with Crippen molar-refractivity contribution in [1.82, 2.24) is 10.2 Å². The summed E-state index contributed by atoms with van der Waals surface area (Å²) in [4.78, 5) is 28.5.